The van der Waals surface area contributed by atoms with Crippen LogP contribution in [0.25, 0.3) is 0 Å². The van der Waals surface area contributed by atoms with Crippen LogP contribution in [0.4, 0.5) is 0 Å². The molecule has 0 aromatic carbocycles. The lowest BCUT2D eigenvalue weighted by molar-refractivity contribution is -0.119. The molecule has 15 heavy (non-hydrogen) atoms. The van der Waals surface area contributed by atoms with E-state index >= 15 is 0 Å². The topological polar surface area (TPSA) is 41.1 Å². The third-order valence-electron chi connectivity index (χ3n) is 1.92. The van der Waals surface area contributed by atoms with E-state index in [4.69, 9.17) is 0 Å². The van der Waals surface area contributed by atoms with Crippen molar-refractivity contribution < 1.29 is 4.79 Å². The Labute approximate surface area is 92.6 Å². The van der Waals surface area contributed by atoms with Gasteiger partial charge in [-0.15, -0.1) is 0 Å². The summed E-state index contributed by atoms with van der Waals surface area (Å²) in [7, 11) is 0. The van der Waals surface area contributed by atoms with Gasteiger partial charge in [0.2, 0.25) is 5.91 Å². The van der Waals surface area contributed by atoms with Crippen LogP contribution in [0.3, 0.4) is 0 Å². The average Bonchev–Trinajstić information content (AvgIpc) is 2.20. The summed E-state index contributed by atoms with van der Waals surface area (Å²) >= 11 is 0. The standard InChI is InChI=1S/C12H22N2O/c1-5-6-7-11(4)13-9-12(15)14-8-10(2)3/h13H,2,4-9H2,1,3H3,(H,14,15). The van der Waals surface area contributed by atoms with Crippen LogP contribution in [-0.4, -0.2) is 19.0 Å². The van der Waals surface area contributed by atoms with Crippen LogP contribution >= 0.6 is 0 Å². The number of hydrogen-bond acceptors (Lipinski definition) is 2. The Balaban J connectivity index is 3.53. The van der Waals surface area contributed by atoms with E-state index in [1.54, 1.807) is 0 Å². The molecule has 0 bridgehead atoms. The van der Waals surface area contributed by atoms with Gasteiger partial charge >= 0.3 is 0 Å². The molecule has 0 spiro atoms. The largest absolute Gasteiger partial charge is 0.380 e. The molecule has 0 aliphatic rings. The van der Waals surface area contributed by atoms with Crippen molar-refractivity contribution in [2.45, 2.75) is 33.1 Å². The van der Waals surface area contributed by atoms with Gasteiger partial charge in [-0.25, -0.2) is 0 Å². The predicted molar refractivity (Wildman–Crippen MR) is 64.5 cm³/mol. The molecule has 0 saturated heterocycles. The molecule has 0 unspecified atom stereocenters. The van der Waals surface area contributed by atoms with Crippen molar-refractivity contribution in [2.75, 3.05) is 13.1 Å². The first-order valence-corrected chi connectivity index (χ1v) is 5.39. The third kappa shape index (κ3) is 9.06. The van der Waals surface area contributed by atoms with Crippen molar-refractivity contribution in [2.24, 2.45) is 0 Å². The SMILES string of the molecule is C=C(C)CNC(=O)CNC(=C)CCCC. The van der Waals surface area contributed by atoms with Crippen molar-refractivity contribution in [1.82, 2.24) is 10.6 Å². The van der Waals surface area contributed by atoms with Gasteiger partial charge in [0.1, 0.15) is 0 Å². The first-order chi connectivity index (χ1) is 7.06. The van der Waals surface area contributed by atoms with E-state index in [9.17, 15) is 4.79 Å². The highest BCUT2D eigenvalue weighted by Gasteiger charge is 2.00. The lowest BCUT2D eigenvalue weighted by atomic mass is 10.2. The minimum atomic E-state index is -0.0179. The zero-order valence-corrected chi connectivity index (χ0v) is 9.86. The van der Waals surface area contributed by atoms with Crippen LogP contribution in [0, 0.1) is 0 Å². The normalized spacial score (nSPS) is 9.47. The van der Waals surface area contributed by atoms with Gasteiger partial charge in [-0.2, -0.15) is 0 Å². The Morgan fingerprint density at radius 3 is 2.40 bits per heavy atom. The molecule has 0 radical (unpaired) electrons. The van der Waals surface area contributed by atoms with Crippen molar-refractivity contribution in [1.29, 1.82) is 0 Å². The van der Waals surface area contributed by atoms with Crippen LogP contribution in [0.1, 0.15) is 33.1 Å². The molecule has 0 saturated carbocycles. The first-order valence-electron chi connectivity index (χ1n) is 5.39. The number of nitrogens with one attached hydrogen (secondary N) is 2. The molecule has 3 heteroatoms. The van der Waals surface area contributed by atoms with E-state index < -0.39 is 0 Å². The maximum atomic E-state index is 11.3. The Morgan fingerprint density at radius 1 is 1.20 bits per heavy atom. The molecule has 0 aromatic rings. The summed E-state index contributed by atoms with van der Waals surface area (Å²) in [5.41, 5.74) is 1.88. The van der Waals surface area contributed by atoms with Crippen LogP contribution in [0.2, 0.25) is 0 Å². The molecule has 1 amide bonds. The second-order valence-corrected chi connectivity index (χ2v) is 3.79. The number of carbonyl (C=O) groups is 1. The van der Waals surface area contributed by atoms with Crippen LogP contribution in [0.5, 0.6) is 0 Å². The molecule has 86 valence electrons. The highest BCUT2D eigenvalue weighted by molar-refractivity contribution is 5.78. The van der Waals surface area contributed by atoms with E-state index in [0.29, 0.717) is 13.1 Å². The molecule has 0 heterocycles. The van der Waals surface area contributed by atoms with E-state index in [1.807, 2.05) is 6.92 Å². The molecule has 0 aliphatic heterocycles. The van der Waals surface area contributed by atoms with E-state index in [2.05, 4.69) is 30.7 Å². The quantitative estimate of drug-likeness (QED) is 0.601. The van der Waals surface area contributed by atoms with Crippen molar-refractivity contribution in [3.05, 3.63) is 24.4 Å². The zero-order valence-electron chi connectivity index (χ0n) is 9.86. The van der Waals surface area contributed by atoms with Crippen molar-refractivity contribution in [3.63, 3.8) is 0 Å². The van der Waals surface area contributed by atoms with Gasteiger partial charge in [0.25, 0.3) is 0 Å². The lowest BCUT2D eigenvalue weighted by Crippen LogP contribution is -2.34. The molecule has 0 aromatic heterocycles. The van der Waals surface area contributed by atoms with Gasteiger partial charge in [-0.3, -0.25) is 4.79 Å². The van der Waals surface area contributed by atoms with E-state index in [-0.39, 0.29) is 5.91 Å². The Kier molecular flexibility index (Phi) is 7.42. The number of hydrogen-bond donors (Lipinski definition) is 2. The Morgan fingerprint density at radius 2 is 1.87 bits per heavy atom. The monoisotopic (exact) mass is 210 g/mol. The van der Waals surface area contributed by atoms with Gasteiger partial charge in [-0.1, -0.05) is 32.1 Å². The first kappa shape index (κ1) is 13.8. The number of amides is 1. The number of rotatable bonds is 8. The van der Waals surface area contributed by atoms with Gasteiger partial charge in [0.15, 0.2) is 0 Å². The van der Waals surface area contributed by atoms with E-state index in [0.717, 1.165) is 30.5 Å². The average molecular weight is 210 g/mol. The van der Waals surface area contributed by atoms with Crippen molar-refractivity contribution >= 4 is 5.91 Å². The van der Waals surface area contributed by atoms with Crippen molar-refractivity contribution in [3.8, 4) is 0 Å². The smallest absolute Gasteiger partial charge is 0.239 e. The molecule has 0 aliphatic carbocycles. The lowest BCUT2D eigenvalue weighted by Gasteiger charge is -2.09. The summed E-state index contributed by atoms with van der Waals surface area (Å²) in [5.74, 6) is -0.0179. The fraction of sp³-hybridized carbons (Fsp3) is 0.583. The minimum absolute atomic E-state index is 0.0179. The number of carbonyl (C=O) groups excluding carboxylic acids is 1. The van der Waals surface area contributed by atoms with Crippen LogP contribution in [0.15, 0.2) is 24.4 Å². The number of allylic oxidation sites excluding steroid dienone is 1. The molecule has 3 nitrogen and oxygen atoms in total. The summed E-state index contributed by atoms with van der Waals surface area (Å²) in [4.78, 5) is 11.3. The Hall–Kier alpha value is -1.25. The predicted octanol–water partition coefficient (Wildman–Crippen LogP) is 1.97. The van der Waals surface area contributed by atoms with Gasteiger partial charge in [-0.05, 0) is 19.8 Å². The van der Waals surface area contributed by atoms with Crippen LogP contribution in [-0.2, 0) is 4.79 Å². The fourth-order valence-electron chi connectivity index (χ4n) is 0.996. The Bertz CT molecular complexity index is 234. The highest BCUT2D eigenvalue weighted by Crippen LogP contribution is 2.00. The number of unbranched alkanes of at least 4 members (excludes halogenated alkanes) is 1. The molecule has 0 rings (SSSR count). The molecular formula is C12H22N2O. The highest BCUT2D eigenvalue weighted by atomic mass is 16.1. The van der Waals surface area contributed by atoms with Gasteiger partial charge in [0.05, 0.1) is 6.54 Å². The maximum Gasteiger partial charge on any atom is 0.239 e. The molecule has 2 N–H and O–H groups in total. The zero-order chi connectivity index (χ0) is 11.7. The van der Waals surface area contributed by atoms with Gasteiger partial charge in [0, 0.05) is 12.2 Å². The second kappa shape index (κ2) is 8.09. The molecular weight excluding hydrogens is 188 g/mol. The maximum absolute atomic E-state index is 11.3. The fourth-order valence-corrected chi connectivity index (χ4v) is 0.996. The van der Waals surface area contributed by atoms with Crippen LogP contribution < -0.4 is 10.6 Å². The summed E-state index contributed by atoms with van der Waals surface area (Å²) in [6, 6.07) is 0. The minimum Gasteiger partial charge on any atom is -0.380 e. The summed E-state index contributed by atoms with van der Waals surface area (Å²) in [5, 5.41) is 5.76. The second-order valence-electron chi connectivity index (χ2n) is 3.79. The summed E-state index contributed by atoms with van der Waals surface area (Å²) < 4.78 is 0. The molecule has 0 atom stereocenters. The summed E-state index contributed by atoms with van der Waals surface area (Å²) in [6.07, 6.45) is 3.19. The summed E-state index contributed by atoms with van der Waals surface area (Å²) in [6.45, 7) is 12.4. The molecule has 0 fully saturated rings. The van der Waals surface area contributed by atoms with E-state index in [1.165, 1.54) is 0 Å². The van der Waals surface area contributed by atoms with Gasteiger partial charge < -0.3 is 10.6 Å². The third-order valence-corrected chi connectivity index (χ3v) is 1.92.